The predicted molar refractivity (Wildman–Crippen MR) is 131 cm³/mol. The van der Waals surface area contributed by atoms with E-state index in [4.69, 9.17) is 4.98 Å². The fraction of sp³-hybridized carbons (Fsp3) is 0.517. The van der Waals surface area contributed by atoms with Crippen LogP contribution in [0.25, 0.3) is 11.3 Å². The lowest BCUT2D eigenvalue weighted by Gasteiger charge is -2.36. The fourth-order valence-corrected chi connectivity index (χ4v) is 4.96. The molecule has 1 atom stereocenters. The third kappa shape index (κ3) is 6.30. The first kappa shape index (κ1) is 23.3. The van der Waals surface area contributed by atoms with Crippen LogP contribution >= 0.6 is 0 Å². The lowest BCUT2D eigenvalue weighted by molar-refractivity contribution is 0.198. The van der Waals surface area contributed by atoms with Gasteiger partial charge in [-0.25, -0.2) is 0 Å². The summed E-state index contributed by atoms with van der Waals surface area (Å²) in [6.07, 6.45) is 15.1. The highest BCUT2D eigenvalue weighted by Crippen LogP contribution is 2.46. The Labute approximate surface area is 189 Å². The zero-order chi connectivity index (χ0) is 22.1. The number of hydrogen-bond donors (Lipinski definition) is 0. The molecule has 31 heavy (non-hydrogen) atoms. The van der Waals surface area contributed by atoms with Gasteiger partial charge in [0.25, 0.3) is 0 Å². The van der Waals surface area contributed by atoms with E-state index in [1.54, 1.807) is 0 Å². The van der Waals surface area contributed by atoms with Crippen molar-refractivity contribution in [3.8, 4) is 17.3 Å². The SMILES string of the molecule is C=CCCCCc1ccc(-c2ccc(C3CCC(C#N)(C[C@@H](C)CC)CC3)cc2)nc1. The molecule has 1 aromatic heterocycles. The van der Waals surface area contributed by atoms with E-state index in [0.29, 0.717) is 11.8 Å². The van der Waals surface area contributed by atoms with Gasteiger partial charge in [-0.15, -0.1) is 6.58 Å². The Morgan fingerprint density at radius 1 is 1.16 bits per heavy atom. The average molecular weight is 415 g/mol. The van der Waals surface area contributed by atoms with Gasteiger partial charge in [0.15, 0.2) is 0 Å². The molecule has 2 heteroatoms. The lowest BCUT2D eigenvalue weighted by atomic mass is 9.66. The molecule has 1 heterocycles. The van der Waals surface area contributed by atoms with Crippen molar-refractivity contribution in [1.29, 1.82) is 5.26 Å². The number of unbranched alkanes of at least 4 members (excludes halogenated alkanes) is 2. The van der Waals surface area contributed by atoms with Crippen molar-refractivity contribution >= 4 is 0 Å². The van der Waals surface area contributed by atoms with E-state index in [0.717, 1.165) is 50.6 Å². The maximum atomic E-state index is 9.84. The normalized spacial score (nSPS) is 21.9. The largest absolute Gasteiger partial charge is 0.256 e. The monoisotopic (exact) mass is 414 g/mol. The summed E-state index contributed by atoms with van der Waals surface area (Å²) in [5.74, 6) is 1.22. The van der Waals surface area contributed by atoms with Gasteiger partial charge >= 0.3 is 0 Å². The molecule has 0 aliphatic heterocycles. The highest BCUT2D eigenvalue weighted by Gasteiger charge is 2.36. The lowest BCUT2D eigenvalue weighted by Crippen LogP contribution is -2.27. The molecule has 1 fully saturated rings. The number of pyridine rings is 1. The second-order valence-corrected chi connectivity index (χ2v) is 9.59. The van der Waals surface area contributed by atoms with Crippen molar-refractivity contribution in [1.82, 2.24) is 4.98 Å². The van der Waals surface area contributed by atoms with E-state index < -0.39 is 0 Å². The first-order chi connectivity index (χ1) is 15.1. The second kappa shape index (κ2) is 11.3. The number of hydrogen-bond acceptors (Lipinski definition) is 2. The molecule has 2 nitrogen and oxygen atoms in total. The molecule has 0 radical (unpaired) electrons. The van der Waals surface area contributed by atoms with Gasteiger partial charge in [0.1, 0.15) is 0 Å². The molecule has 0 spiro atoms. The van der Waals surface area contributed by atoms with E-state index in [2.05, 4.69) is 62.9 Å². The quantitative estimate of drug-likeness (QED) is 0.290. The van der Waals surface area contributed by atoms with Crippen LogP contribution in [-0.4, -0.2) is 4.98 Å². The van der Waals surface area contributed by atoms with Crippen molar-refractivity contribution in [2.75, 3.05) is 0 Å². The summed E-state index contributed by atoms with van der Waals surface area (Å²) in [7, 11) is 0. The number of nitriles is 1. The molecule has 0 N–H and O–H groups in total. The van der Waals surface area contributed by atoms with Crippen LogP contribution in [0.4, 0.5) is 0 Å². The Hall–Kier alpha value is -2.40. The molecule has 1 aliphatic rings. The van der Waals surface area contributed by atoms with Crippen molar-refractivity contribution in [3.63, 3.8) is 0 Å². The third-order valence-corrected chi connectivity index (χ3v) is 7.24. The van der Waals surface area contributed by atoms with Crippen LogP contribution in [-0.2, 0) is 6.42 Å². The van der Waals surface area contributed by atoms with Crippen molar-refractivity contribution in [2.24, 2.45) is 11.3 Å². The smallest absolute Gasteiger partial charge is 0.0702 e. The standard InChI is InChI=1S/C29H38N2/c1-4-6-7-8-9-24-10-15-28(31-21-24)27-13-11-25(12-14-27)26-16-18-29(22-30,19-17-26)20-23(3)5-2/h4,10-15,21,23,26H,1,5-9,16-20H2,2-3H3/t23-,26?,29?/m0/s1. The number of rotatable bonds is 10. The molecule has 0 saturated heterocycles. The predicted octanol–water partition coefficient (Wildman–Crippen LogP) is 8.25. The van der Waals surface area contributed by atoms with Gasteiger partial charge < -0.3 is 0 Å². The Kier molecular flexibility index (Phi) is 8.47. The van der Waals surface area contributed by atoms with E-state index >= 15 is 0 Å². The number of aromatic nitrogens is 1. The summed E-state index contributed by atoms with van der Waals surface area (Å²) < 4.78 is 0. The van der Waals surface area contributed by atoms with E-state index in [1.165, 1.54) is 36.0 Å². The topological polar surface area (TPSA) is 36.7 Å². The molecule has 164 valence electrons. The van der Waals surface area contributed by atoms with Crippen LogP contribution < -0.4 is 0 Å². The molecule has 1 aromatic carbocycles. The molecule has 2 aromatic rings. The molecular weight excluding hydrogens is 376 g/mol. The third-order valence-electron chi connectivity index (χ3n) is 7.24. The minimum absolute atomic E-state index is 0.0940. The molecule has 1 aliphatic carbocycles. The van der Waals surface area contributed by atoms with Gasteiger partial charge in [0, 0.05) is 11.8 Å². The summed E-state index contributed by atoms with van der Waals surface area (Å²) in [5, 5.41) is 9.84. The summed E-state index contributed by atoms with van der Waals surface area (Å²) in [6.45, 7) is 8.30. The Morgan fingerprint density at radius 2 is 1.90 bits per heavy atom. The molecule has 0 bridgehead atoms. The highest BCUT2D eigenvalue weighted by molar-refractivity contribution is 5.59. The maximum Gasteiger partial charge on any atom is 0.0702 e. The van der Waals surface area contributed by atoms with E-state index in [9.17, 15) is 5.26 Å². The van der Waals surface area contributed by atoms with E-state index in [1.807, 2.05) is 12.3 Å². The molecule has 1 saturated carbocycles. The van der Waals surface area contributed by atoms with E-state index in [-0.39, 0.29) is 5.41 Å². The zero-order valence-electron chi connectivity index (χ0n) is 19.4. The zero-order valence-corrected chi connectivity index (χ0v) is 19.4. The average Bonchev–Trinajstić information content (AvgIpc) is 2.83. The van der Waals surface area contributed by atoms with Gasteiger partial charge in [0.2, 0.25) is 0 Å². The minimum atomic E-state index is -0.0940. The summed E-state index contributed by atoms with van der Waals surface area (Å²) in [4.78, 5) is 4.70. The summed E-state index contributed by atoms with van der Waals surface area (Å²) in [6, 6.07) is 16.0. The molecule has 0 amide bonds. The first-order valence-electron chi connectivity index (χ1n) is 12.2. The Bertz CT molecular complexity index is 849. The first-order valence-corrected chi connectivity index (χ1v) is 12.2. The number of aryl methyl sites for hydroxylation is 1. The Balaban J connectivity index is 1.57. The van der Waals surface area contributed by atoms with Crippen LogP contribution in [0.1, 0.15) is 88.7 Å². The molecule has 0 unspecified atom stereocenters. The van der Waals surface area contributed by atoms with Gasteiger partial charge in [-0.1, -0.05) is 56.7 Å². The maximum absolute atomic E-state index is 9.84. The van der Waals surface area contributed by atoms with Crippen LogP contribution in [0, 0.1) is 22.7 Å². The molecule has 3 rings (SSSR count). The molecular formula is C29H38N2. The van der Waals surface area contributed by atoms with Crippen LogP contribution in [0.5, 0.6) is 0 Å². The van der Waals surface area contributed by atoms with Gasteiger partial charge in [-0.2, -0.15) is 5.26 Å². The fourth-order valence-electron chi connectivity index (χ4n) is 4.96. The number of allylic oxidation sites excluding steroid dienone is 1. The summed E-state index contributed by atoms with van der Waals surface area (Å²) in [5.41, 5.74) is 4.86. The van der Waals surface area contributed by atoms with Crippen molar-refractivity contribution < 1.29 is 0 Å². The Morgan fingerprint density at radius 3 is 2.48 bits per heavy atom. The minimum Gasteiger partial charge on any atom is -0.256 e. The van der Waals surface area contributed by atoms with Gasteiger partial charge in [-0.3, -0.25) is 4.98 Å². The summed E-state index contributed by atoms with van der Waals surface area (Å²) >= 11 is 0. The van der Waals surface area contributed by atoms with Crippen LogP contribution in [0.2, 0.25) is 0 Å². The van der Waals surface area contributed by atoms with Crippen molar-refractivity contribution in [3.05, 3.63) is 66.4 Å². The second-order valence-electron chi connectivity index (χ2n) is 9.59. The van der Waals surface area contributed by atoms with Gasteiger partial charge in [0.05, 0.1) is 17.2 Å². The van der Waals surface area contributed by atoms with Crippen LogP contribution in [0.3, 0.4) is 0 Å². The highest BCUT2D eigenvalue weighted by atomic mass is 14.7. The number of nitrogens with zero attached hydrogens (tertiary/aromatic N) is 2. The van der Waals surface area contributed by atoms with Gasteiger partial charge in [-0.05, 0) is 86.8 Å². The van der Waals surface area contributed by atoms with Crippen LogP contribution in [0.15, 0.2) is 55.3 Å². The van der Waals surface area contributed by atoms with Crippen molar-refractivity contribution in [2.45, 2.75) is 84.0 Å². The number of benzene rings is 1.